The van der Waals surface area contributed by atoms with Crippen LogP contribution in [0.5, 0.6) is 5.88 Å². The third-order valence-corrected chi connectivity index (χ3v) is 1.15. The number of esters is 1. The van der Waals surface area contributed by atoms with Crippen LogP contribution in [0.25, 0.3) is 0 Å². The third-order valence-electron chi connectivity index (χ3n) is 1.15. The Kier molecular flexibility index (Phi) is 2.66. The molecular weight excluding hydrogens is 144 g/mol. The monoisotopic (exact) mass is 154 g/mol. The minimum Gasteiger partial charge on any atom is -0.408 e. The highest BCUT2D eigenvalue weighted by Crippen LogP contribution is 2.03. The van der Waals surface area contributed by atoms with Gasteiger partial charge in [-0.2, -0.15) is 0 Å². The number of H-pyrrole nitrogens is 1. The molecule has 0 aromatic carbocycles. The molecule has 0 radical (unpaired) electrons. The van der Waals surface area contributed by atoms with Gasteiger partial charge in [0, 0.05) is 6.42 Å². The van der Waals surface area contributed by atoms with E-state index < -0.39 is 0 Å². The van der Waals surface area contributed by atoms with Crippen molar-refractivity contribution in [3.05, 3.63) is 12.5 Å². The van der Waals surface area contributed by atoms with Crippen molar-refractivity contribution < 1.29 is 9.53 Å². The average Bonchev–Trinajstić information content (AvgIpc) is 2.40. The van der Waals surface area contributed by atoms with Gasteiger partial charge >= 0.3 is 5.97 Å². The molecule has 0 fully saturated rings. The van der Waals surface area contributed by atoms with Crippen LogP contribution < -0.4 is 4.74 Å². The second-order valence-electron chi connectivity index (χ2n) is 2.14. The fourth-order valence-corrected chi connectivity index (χ4v) is 0.677. The van der Waals surface area contributed by atoms with Crippen molar-refractivity contribution >= 4 is 5.97 Å². The van der Waals surface area contributed by atoms with Gasteiger partial charge < -0.3 is 9.72 Å². The molecule has 1 rings (SSSR count). The van der Waals surface area contributed by atoms with Gasteiger partial charge in [-0.25, -0.2) is 4.98 Å². The Hall–Kier alpha value is -1.32. The summed E-state index contributed by atoms with van der Waals surface area (Å²) >= 11 is 0. The summed E-state index contributed by atoms with van der Waals surface area (Å²) in [6.45, 7) is 1.92. The quantitative estimate of drug-likeness (QED) is 0.663. The minimum atomic E-state index is -0.225. The van der Waals surface area contributed by atoms with Crippen molar-refractivity contribution in [2.24, 2.45) is 0 Å². The largest absolute Gasteiger partial charge is 0.408 e. The molecule has 0 saturated heterocycles. The number of carbonyl (C=O) groups excluding carboxylic acids is 1. The summed E-state index contributed by atoms with van der Waals surface area (Å²) in [6.07, 6.45) is 4.17. The van der Waals surface area contributed by atoms with Gasteiger partial charge in [0.05, 0.1) is 12.5 Å². The summed E-state index contributed by atoms with van der Waals surface area (Å²) < 4.78 is 4.84. The molecule has 4 nitrogen and oxygen atoms in total. The maximum absolute atomic E-state index is 10.8. The van der Waals surface area contributed by atoms with Gasteiger partial charge in [0.25, 0.3) is 0 Å². The van der Waals surface area contributed by atoms with E-state index in [2.05, 4.69) is 9.97 Å². The molecule has 0 amide bonds. The zero-order valence-corrected chi connectivity index (χ0v) is 6.33. The fourth-order valence-electron chi connectivity index (χ4n) is 0.677. The molecule has 1 aromatic heterocycles. The average molecular weight is 154 g/mol. The number of hydrogen-bond donors (Lipinski definition) is 1. The standard InChI is InChI=1S/C7H10N2O2/c1-2-3-7(10)11-6-4-8-5-9-6/h4-5H,2-3H2,1H3,(H,8,9). The zero-order chi connectivity index (χ0) is 8.10. The van der Waals surface area contributed by atoms with Crippen LogP contribution in [-0.4, -0.2) is 15.9 Å². The van der Waals surface area contributed by atoms with E-state index in [4.69, 9.17) is 4.74 Å². The van der Waals surface area contributed by atoms with Gasteiger partial charge in [0.1, 0.15) is 0 Å². The van der Waals surface area contributed by atoms with E-state index in [9.17, 15) is 4.79 Å². The summed E-state index contributed by atoms with van der Waals surface area (Å²) in [5.74, 6) is 0.181. The predicted octanol–water partition coefficient (Wildman–Crippen LogP) is 1.12. The number of nitrogens with zero attached hydrogens (tertiary/aromatic N) is 1. The first-order valence-corrected chi connectivity index (χ1v) is 3.52. The second kappa shape index (κ2) is 3.75. The van der Waals surface area contributed by atoms with E-state index >= 15 is 0 Å². The zero-order valence-electron chi connectivity index (χ0n) is 6.33. The van der Waals surface area contributed by atoms with Gasteiger partial charge in [-0.05, 0) is 6.42 Å². The molecule has 0 bridgehead atoms. The highest BCUT2D eigenvalue weighted by Gasteiger charge is 2.02. The molecule has 60 valence electrons. The summed E-state index contributed by atoms with van der Waals surface area (Å²) in [6, 6.07) is 0. The summed E-state index contributed by atoms with van der Waals surface area (Å²) in [5, 5.41) is 0. The summed E-state index contributed by atoms with van der Waals surface area (Å²) in [7, 11) is 0. The molecule has 0 unspecified atom stereocenters. The lowest BCUT2D eigenvalue weighted by Gasteiger charge is -1.97. The maximum atomic E-state index is 10.8. The van der Waals surface area contributed by atoms with Crippen molar-refractivity contribution in [3.8, 4) is 5.88 Å². The molecule has 1 heterocycles. The fraction of sp³-hybridized carbons (Fsp3) is 0.429. The number of imidazole rings is 1. The van der Waals surface area contributed by atoms with Crippen LogP contribution in [0.4, 0.5) is 0 Å². The normalized spacial score (nSPS) is 9.55. The minimum absolute atomic E-state index is 0.225. The highest BCUT2D eigenvalue weighted by atomic mass is 16.5. The molecule has 1 aromatic rings. The van der Waals surface area contributed by atoms with Crippen LogP contribution in [0.15, 0.2) is 12.5 Å². The Morgan fingerprint density at radius 2 is 2.64 bits per heavy atom. The number of carbonyl (C=O) groups is 1. The third kappa shape index (κ3) is 2.41. The van der Waals surface area contributed by atoms with Crippen LogP contribution in [0.3, 0.4) is 0 Å². The molecule has 0 saturated carbocycles. The molecule has 0 spiro atoms. The van der Waals surface area contributed by atoms with Crippen LogP contribution in [0.1, 0.15) is 19.8 Å². The maximum Gasteiger partial charge on any atom is 0.312 e. The Bertz CT molecular complexity index is 218. The van der Waals surface area contributed by atoms with Crippen molar-refractivity contribution in [2.45, 2.75) is 19.8 Å². The molecule has 0 aliphatic heterocycles. The van der Waals surface area contributed by atoms with E-state index in [-0.39, 0.29) is 5.97 Å². The second-order valence-corrected chi connectivity index (χ2v) is 2.14. The van der Waals surface area contributed by atoms with E-state index in [0.29, 0.717) is 12.3 Å². The highest BCUT2D eigenvalue weighted by molar-refractivity contribution is 5.71. The van der Waals surface area contributed by atoms with E-state index in [1.165, 1.54) is 12.5 Å². The molecule has 1 N–H and O–H groups in total. The lowest BCUT2D eigenvalue weighted by Crippen LogP contribution is -2.06. The van der Waals surface area contributed by atoms with Gasteiger partial charge in [0.15, 0.2) is 0 Å². The number of hydrogen-bond acceptors (Lipinski definition) is 3. The molecule has 4 heteroatoms. The van der Waals surface area contributed by atoms with E-state index in [0.717, 1.165) is 6.42 Å². The van der Waals surface area contributed by atoms with Crippen molar-refractivity contribution in [1.29, 1.82) is 0 Å². The first-order valence-electron chi connectivity index (χ1n) is 3.52. The van der Waals surface area contributed by atoms with Crippen LogP contribution in [-0.2, 0) is 4.79 Å². The van der Waals surface area contributed by atoms with Gasteiger partial charge in [-0.15, -0.1) is 0 Å². The van der Waals surface area contributed by atoms with Crippen molar-refractivity contribution in [2.75, 3.05) is 0 Å². The number of ether oxygens (including phenoxy) is 1. The Morgan fingerprint density at radius 1 is 1.82 bits per heavy atom. The lowest BCUT2D eigenvalue weighted by molar-refractivity contribution is -0.134. The van der Waals surface area contributed by atoms with Crippen LogP contribution in [0.2, 0.25) is 0 Å². The van der Waals surface area contributed by atoms with Gasteiger partial charge in [-0.1, -0.05) is 6.92 Å². The smallest absolute Gasteiger partial charge is 0.312 e. The Morgan fingerprint density at radius 3 is 3.18 bits per heavy atom. The molecule has 0 atom stereocenters. The number of aromatic nitrogens is 2. The van der Waals surface area contributed by atoms with E-state index in [1.54, 1.807) is 0 Å². The number of aromatic amines is 1. The summed E-state index contributed by atoms with van der Waals surface area (Å²) in [5.41, 5.74) is 0. The Labute approximate surface area is 64.6 Å². The van der Waals surface area contributed by atoms with Crippen LogP contribution >= 0.6 is 0 Å². The molecule has 0 aliphatic carbocycles. The lowest BCUT2D eigenvalue weighted by atomic mass is 10.3. The van der Waals surface area contributed by atoms with Crippen LogP contribution in [0, 0.1) is 0 Å². The molecule has 0 aliphatic rings. The Balaban J connectivity index is 2.37. The predicted molar refractivity (Wildman–Crippen MR) is 39.1 cm³/mol. The van der Waals surface area contributed by atoms with Gasteiger partial charge in [-0.3, -0.25) is 4.79 Å². The topological polar surface area (TPSA) is 55.0 Å². The van der Waals surface area contributed by atoms with Gasteiger partial charge in [0.2, 0.25) is 5.88 Å². The number of nitrogens with one attached hydrogen (secondary N) is 1. The molecule has 11 heavy (non-hydrogen) atoms. The first-order chi connectivity index (χ1) is 5.33. The SMILES string of the molecule is CCCC(=O)Oc1cnc[nH]1. The summed E-state index contributed by atoms with van der Waals surface area (Å²) in [4.78, 5) is 17.2. The van der Waals surface area contributed by atoms with Crippen molar-refractivity contribution in [3.63, 3.8) is 0 Å². The van der Waals surface area contributed by atoms with Crippen molar-refractivity contribution in [1.82, 2.24) is 9.97 Å². The van der Waals surface area contributed by atoms with E-state index in [1.807, 2.05) is 6.92 Å². The first kappa shape index (κ1) is 7.78. The molecular formula is C7H10N2O2. The number of rotatable bonds is 3.